The van der Waals surface area contributed by atoms with E-state index in [0.717, 1.165) is 6.92 Å². The van der Waals surface area contributed by atoms with Gasteiger partial charge in [0, 0.05) is 17.6 Å². The zero-order valence-corrected chi connectivity index (χ0v) is 9.69. The van der Waals surface area contributed by atoms with Crippen LogP contribution in [-0.4, -0.2) is 5.97 Å². The highest BCUT2D eigenvalue weighted by atomic mass is 16.4. The van der Waals surface area contributed by atoms with Crippen LogP contribution in [0.3, 0.4) is 0 Å². The molecular weight excluding hydrogens is 190 g/mol. The van der Waals surface area contributed by atoms with Gasteiger partial charge < -0.3 is 9.90 Å². The number of carbonyl (C=O) groups is 1. The fourth-order valence-electron chi connectivity index (χ4n) is 1.18. The first-order chi connectivity index (χ1) is 7.06. The van der Waals surface area contributed by atoms with Crippen molar-refractivity contribution in [2.75, 3.05) is 0 Å². The predicted molar refractivity (Wildman–Crippen MR) is 56.9 cm³/mol. The molecule has 0 unspecified atom stereocenters. The summed E-state index contributed by atoms with van der Waals surface area (Å²) in [4.78, 5) is 8.89. The Bertz CT molecular complexity index is 293. The first-order valence-corrected chi connectivity index (χ1v) is 5.18. The number of aliphatic carboxylic acids is 1. The van der Waals surface area contributed by atoms with Gasteiger partial charge in [0.1, 0.15) is 7.05 Å². The van der Waals surface area contributed by atoms with Crippen LogP contribution in [0.4, 0.5) is 0 Å². The van der Waals surface area contributed by atoms with Crippen LogP contribution in [0.15, 0.2) is 24.5 Å². The Balaban J connectivity index is 0.000000423. The van der Waals surface area contributed by atoms with Gasteiger partial charge in [0.05, 0.1) is 0 Å². The lowest BCUT2D eigenvalue weighted by Crippen LogP contribution is -2.26. The summed E-state index contributed by atoms with van der Waals surface area (Å²) in [6, 6.07) is 4.29. The summed E-state index contributed by atoms with van der Waals surface area (Å²) in [6.45, 7) is 3.20. The highest BCUT2D eigenvalue weighted by molar-refractivity contribution is 5.60. The highest BCUT2D eigenvalue weighted by Crippen LogP contribution is 2.00. The normalized spacial score (nSPS) is 9.00. The third kappa shape index (κ3) is 8.94. The zero-order valence-electron chi connectivity index (χ0n) is 9.69. The van der Waals surface area contributed by atoms with Crippen LogP contribution in [0.1, 0.15) is 32.3 Å². The summed E-state index contributed by atoms with van der Waals surface area (Å²) in [5.74, 6) is -1.08. The van der Waals surface area contributed by atoms with Gasteiger partial charge in [-0.3, -0.25) is 0 Å². The van der Waals surface area contributed by atoms with Gasteiger partial charge in [-0.05, 0) is 25.8 Å². The number of unbranched alkanes of at least 4 members (excludes halogenated alkanes) is 1. The van der Waals surface area contributed by atoms with E-state index in [2.05, 4.69) is 43.1 Å². The van der Waals surface area contributed by atoms with Gasteiger partial charge in [-0.25, -0.2) is 4.57 Å². The topological polar surface area (TPSA) is 44.0 Å². The molecule has 1 rings (SSSR count). The molecule has 0 atom stereocenters. The van der Waals surface area contributed by atoms with Gasteiger partial charge in [0.25, 0.3) is 0 Å². The van der Waals surface area contributed by atoms with E-state index in [9.17, 15) is 0 Å². The minimum Gasteiger partial charge on any atom is -0.550 e. The SMILES string of the molecule is CC(=O)[O-].CCCCc1ccc[n+](C)c1. The number of hydrogen-bond acceptors (Lipinski definition) is 2. The second-order valence-corrected chi connectivity index (χ2v) is 3.47. The molecule has 0 aliphatic rings. The van der Waals surface area contributed by atoms with Crippen molar-refractivity contribution in [2.24, 2.45) is 7.05 Å². The van der Waals surface area contributed by atoms with E-state index in [4.69, 9.17) is 9.90 Å². The van der Waals surface area contributed by atoms with E-state index in [1.807, 2.05) is 0 Å². The number of nitrogens with zero attached hydrogens (tertiary/aromatic N) is 1. The van der Waals surface area contributed by atoms with E-state index < -0.39 is 5.97 Å². The summed E-state index contributed by atoms with van der Waals surface area (Å²) in [6.07, 6.45) is 8.04. The molecule has 0 fully saturated rings. The Morgan fingerprint density at radius 3 is 2.60 bits per heavy atom. The molecule has 3 nitrogen and oxygen atoms in total. The van der Waals surface area contributed by atoms with Crippen molar-refractivity contribution in [1.82, 2.24) is 0 Å². The van der Waals surface area contributed by atoms with E-state index in [1.54, 1.807) is 0 Å². The van der Waals surface area contributed by atoms with Gasteiger partial charge in [0.2, 0.25) is 0 Å². The number of carboxylic acids is 1. The first kappa shape index (κ1) is 13.6. The minimum atomic E-state index is -1.08. The quantitative estimate of drug-likeness (QED) is 0.685. The molecular formula is C12H19NO2. The largest absolute Gasteiger partial charge is 0.550 e. The lowest BCUT2D eigenvalue weighted by Gasteiger charge is -1.95. The molecule has 0 aliphatic carbocycles. The second kappa shape index (κ2) is 7.97. The Kier molecular flexibility index (Phi) is 7.24. The van der Waals surface area contributed by atoms with Crippen molar-refractivity contribution in [3.05, 3.63) is 30.1 Å². The number of rotatable bonds is 3. The lowest BCUT2D eigenvalue weighted by molar-refractivity contribution is -0.671. The van der Waals surface area contributed by atoms with Crippen LogP contribution in [0.25, 0.3) is 0 Å². The van der Waals surface area contributed by atoms with Gasteiger partial charge in [0.15, 0.2) is 12.4 Å². The number of aromatic nitrogens is 1. The zero-order chi connectivity index (χ0) is 11.7. The molecule has 0 saturated carbocycles. The summed E-state index contributed by atoms with van der Waals surface area (Å²) < 4.78 is 2.10. The molecule has 3 heteroatoms. The number of hydrogen-bond donors (Lipinski definition) is 0. The van der Waals surface area contributed by atoms with Crippen molar-refractivity contribution >= 4 is 5.97 Å². The molecule has 0 aromatic carbocycles. The Morgan fingerprint density at radius 1 is 1.53 bits per heavy atom. The summed E-state index contributed by atoms with van der Waals surface area (Å²) in [5, 5.41) is 8.89. The number of pyridine rings is 1. The second-order valence-electron chi connectivity index (χ2n) is 3.47. The van der Waals surface area contributed by atoms with Crippen molar-refractivity contribution in [1.29, 1.82) is 0 Å². The standard InChI is InChI=1S/C10H16N.C2H4O2/c1-3-4-6-10-7-5-8-11(2)9-10;1-2(3)4/h5,7-9H,3-4,6H2,1-2H3;1H3,(H,3,4)/q+1;/p-1. The summed E-state index contributed by atoms with van der Waals surface area (Å²) in [5.41, 5.74) is 1.44. The number of carboxylic acid groups (broad SMARTS) is 1. The molecule has 1 aromatic rings. The number of carbonyl (C=O) groups excluding carboxylic acids is 1. The Hall–Kier alpha value is -1.38. The Labute approximate surface area is 91.4 Å². The van der Waals surface area contributed by atoms with Crippen LogP contribution in [0.5, 0.6) is 0 Å². The van der Waals surface area contributed by atoms with Crippen molar-refractivity contribution < 1.29 is 14.5 Å². The fourth-order valence-corrected chi connectivity index (χ4v) is 1.18. The van der Waals surface area contributed by atoms with Crippen LogP contribution in [0.2, 0.25) is 0 Å². The third-order valence-electron chi connectivity index (χ3n) is 1.82. The van der Waals surface area contributed by atoms with E-state index in [-0.39, 0.29) is 0 Å². The van der Waals surface area contributed by atoms with Crippen molar-refractivity contribution in [3.8, 4) is 0 Å². The highest BCUT2D eigenvalue weighted by Gasteiger charge is 1.95. The molecule has 0 bridgehead atoms. The molecule has 0 N–H and O–H groups in total. The van der Waals surface area contributed by atoms with E-state index in [0.29, 0.717) is 0 Å². The average Bonchev–Trinajstić information content (AvgIpc) is 2.14. The molecule has 0 amide bonds. The first-order valence-electron chi connectivity index (χ1n) is 5.18. The molecule has 0 aliphatic heterocycles. The molecule has 0 radical (unpaired) electrons. The molecule has 0 spiro atoms. The molecule has 1 heterocycles. The maximum Gasteiger partial charge on any atom is 0.171 e. The molecule has 0 saturated heterocycles. The summed E-state index contributed by atoms with van der Waals surface area (Å²) >= 11 is 0. The monoisotopic (exact) mass is 209 g/mol. The number of aryl methyl sites for hydroxylation is 2. The average molecular weight is 209 g/mol. The molecule has 15 heavy (non-hydrogen) atoms. The minimum absolute atomic E-state index is 0.972. The maximum absolute atomic E-state index is 8.89. The molecule has 84 valence electrons. The Morgan fingerprint density at radius 2 is 2.13 bits per heavy atom. The van der Waals surface area contributed by atoms with Crippen molar-refractivity contribution in [3.63, 3.8) is 0 Å². The lowest BCUT2D eigenvalue weighted by atomic mass is 10.1. The smallest absolute Gasteiger partial charge is 0.171 e. The summed E-state index contributed by atoms with van der Waals surface area (Å²) in [7, 11) is 2.06. The molecule has 1 aromatic heterocycles. The van der Waals surface area contributed by atoms with E-state index in [1.165, 1.54) is 24.8 Å². The fraction of sp³-hybridized carbons (Fsp3) is 0.500. The van der Waals surface area contributed by atoms with Crippen LogP contribution in [0, 0.1) is 0 Å². The van der Waals surface area contributed by atoms with Gasteiger partial charge in [-0.1, -0.05) is 13.3 Å². The maximum atomic E-state index is 8.89. The van der Waals surface area contributed by atoms with E-state index >= 15 is 0 Å². The van der Waals surface area contributed by atoms with Gasteiger partial charge in [-0.2, -0.15) is 0 Å². The van der Waals surface area contributed by atoms with Gasteiger partial charge >= 0.3 is 0 Å². The van der Waals surface area contributed by atoms with Crippen LogP contribution < -0.4 is 9.67 Å². The van der Waals surface area contributed by atoms with Crippen LogP contribution >= 0.6 is 0 Å². The van der Waals surface area contributed by atoms with Gasteiger partial charge in [-0.15, -0.1) is 0 Å². The predicted octanol–water partition coefficient (Wildman–Crippen LogP) is 0.610. The van der Waals surface area contributed by atoms with Crippen LogP contribution in [-0.2, 0) is 18.3 Å². The van der Waals surface area contributed by atoms with Crippen molar-refractivity contribution in [2.45, 2.75) is 33.1 Å². The third-order valence-corrected chi connectivity index (χ3v) is 1.82.